The molecule has 98 valence electrons. The van der Waals surface area contributed by atoms with E-state index in [1.807, 2.05) is 16.4 Å². The summed E-state index contributed by atoms with van der Waals surface area (Å²) in [4.78, 5) is 0. The van der Waals surface area contributed by atoms with Crippen LogP contribution in [0.4, 0.5) is 0 Å². The van der Waals surface area contributed by atoms with Crippen LogP contribution in [0.3, 0.4) is 0 Å². The van der Waals surface area contributed by atoms with Gasteiger partial charge in [0, 0.05) is 12.9 Å². The number of hydrogen-bond donors (Lipinski definition) is 2. The second kappa shape index (κ2) is 8.10. The maximum absolute atomic E-state index is 5.61. The number of hydrogen-bond acceptors (Lipinski definition) is 5. The summed E-state index contributed by atoms with van der Waals surface area (Å²) in [7, 11) is 1.68. The number of ether oxygens (including phenoxy) is 1. The number of aromatic nitrogens is 2. The molecule has 0 aromatic carbocycles. The van der Waals surface area contributed by atoms with Crippen molar-refractivity contribution in [1.29, 1.82) is 0 Å². The number of hydrazine groups is 1. The van der Waals surface area contributed by atoms with E-state index in [0.29, 0.717) is 6.61 Å². The molecule has 0 saturated heterocycles. The van der Waals surface area contributed by atoms with Gasteiger partial charge in [0.25, 0.3) is 0 Å². The third-order valence-electron chi connectivity index (χ3n) is 2.36. The first-order valence-corrected chi connectivity index (χ1v) is 7.43. The summed E-state index contributed by atoms with van der Waals surface area (Å²) >= 11 is 5.36. The summed E-state index contributed by atoms with van der Waals surface area (Å²) in [6, 6.07) is 0.0914. The molecule has 0 aliphatic rings. The van der Waals surface area contributed by atoms with E-state index in [2.05, 4.69) is 33.4 Å². The topological polar surface area (TPSA) is 65.1 Å². The molecule has 0 bridgehead atoms. The molecule has 0 aliphatic carbocycles. The number of nitrogens with zero attached hydrogens (tertiary/aromatic N) is 2. The lowest BCUT2D eigenvalue weighted by Gasteiger charge is -2.17. The molecule has 0 aliphatic heterocycles. The number of nitrogens with two attached hydrogens (primary N) is 1. The Morgan fingerprint density at radius 3 is 3.06 bits per heavy atom. The summed E-state index contributed by atoms with van der Waals surface area (Å²) in [6.07, 6.45) is 1.80. The van der Waals surface area contributed by atoms with E-state index in [1.54, 1.807) is 13.3 Å². The van der Waals surface area contributed by atoms with Crippen LogP contribution in [0.1, 0.15) is 18.7 Å². The van der Waals surface area contributed by atoms with Crippen LogP contribution in [-0.4, -0.2) is 35.0 Å². The molecule has 0 radical (unpaired) electrons. The summed E-state index contributed by atoms with van der Waals surface area (Å²) in [5, 5.41) is 4.32. The van der Waals surface area contributed by atoms with Crippen LogP contribution in [0.2, 0.25) is 0 Å². The third-order valence-corrected chi connectivity index (χ3v) is 3.95. The van der Waals surface area contributed by atoms with E-state index in [-0.39, 0.29) is 6.04 Å². The minimum atomic E-state index is 0.0914. The fourth-order valence-corrected chi connectivity index (χ4v) is 2.81. The van der Waals surface area contributed by atoms with Crippen LogP contribution in [-0.2, 0) is 11.3 Å². The van der Waals surface area contributed by atoms with E-state index < -0.39 is 0 Å². The number of thioether (sulfide) groups is 1. The van der Waals surface area contributed by atoms with Gasteiger partial charge in [0.05, 0.1) is 35.6 Å². The van der Waals surface area contributed by atoms with Gasteiger partial charge >= 0.3 is 0 Å². The van der Waals surface area contributed by atoms with Gasteiger partial charge in [0.1, 0.15) is 0 Å². The predicted octanol–water partition coefficient (Wildman–Crippen LogP) is 1.55. The first-order valence-electron chi connectivity index (χ1n) is 5.48. The zero-order valence-corrected chi connectivity index (χ0v) is 12.6. The smallest absolute Gasteiger partial charge is 0.0730 e. The molecule has 1 aromatic heterocycles. The number of rotatable bonds is 8. The Labute approximate surface area is 115 Å². The molecule has 0 saturated carbocycles. The van der Waals surface area contributed by atoms with Crippen LogP contribution in [0.25, 0.3) is 0 Å². The molecule has 17 heavy (non-hydrogen) atoms. The van der Waals surface area contributed by atoms with Gasteiger partial charge in [-0.2, -0.15) is 16.9 Å². The van der Waals surface area contributed by atoms with E-state index >= 15 is 0 Å². The molecule has 0 spiro atoms. The largest absolute Gasteiger partial charge is 0.383 e. The van der Waals surface area contributed by atoms with Crippen LogP contribution in [0, 0.1) is 0 Å². The number of halogens is 1. The highest BCUT2D eigenvalue weighted by Gasteiger charge is 2.18. The quantitative estimate of drug-likeness (QED) is 0.561. The van der Waals surface area contributed by atoms with Crippen molar-refractivity contribution in [3.8, 4) is 0 Å². The maximum atomic E-state index is 5.61. The monoisotopic (exact) mass is 322 g/mol. The Morgan fingerprint density at radius 1 is 1.71 bits per heavy atom. The molecule has 1 atom stereocenters. The van der Waals surface area contributed by atoms with Gasteiger partial charge in [-0.15, -0.1) is 0 Å². The fraction of sp³-hybridized carbons (Fsp3) is 0.700. The maximum Gasteiger partial charge on any atom is 0.0730 e. The summed E-state index contributed by atoms with van der Waals surface area (Å²) in [5.74, 6) is 7.61. The van der Waals surface area contributed by atoms with Crippen LogP contribution in [0.15, 0.2) is 10.7 Å². The Hall–Kier alpha value is -0.0800. The molecular weight excluding hydrogens is 304 g/mol. The van der Waals surface area contributed by atoms with Crippen molar-refractivity contribution in [3.05, 3.63) is 16.4 Å². The highest BCUT2D eigenvalue weighted by Crippen LogP contribution is 2.25. The van der Waals surface area contributed by atoms with Gasteiger partial charge in [-0.05, 0) is 21.7 Å². The van der Waals surface area contributed by atoms with Crippen LogP contribution >= 0.6 is 27.7 Å². The van der Waals surface area contributed by atoms with Gasteiger partial charge in [-0.1, -0.05) is 6.92 Å². The van der Waals surface area contributed by atoms with E-state index in [1.165, 1.54) is 0 Å². The highest BCUT2D eigenvalue weighted by atomic mass is 79.9. The van der Waals surface area contributed by atoms with E-state index in [9.17, 15) is 0 Å². The minimum Gasteiger partial charge on any atom is -0.383 e. The van der Waals surface area contributed by atoms with Gasteiger partial charge in [-0.25, -0.2) is 0 Å². The lowest BCUT2D eigenvalue weighted by molar-refractivity contribution is 0.181. The molecule has 3 N–H and O–H groups in total. The molecule has 0 fully saturated rings. The molecule has 1 rings (SSSR count). The zero-order chi connectivity index (χ0) is 12.7. The molecule has 1 heterocycles. The van der Waals surface area contributed by atoms with Crippen molar-refractivity contribution in [1.82, 2.24) is 15.2 Å². The standard InChI is InChI=1S/C10H19BrN4OS/c1-3-17-7-9(14-12)10-8(11)6-13-15(10)4-5-16-2/h6,9,14H,3-5,7,12H2,1-2H3. The van der Waals surface area contributed by atoms with Crippen molar-refractivity contribution >= 4 is 27.7 Å². The zero-order valence-electron chi connectivity index (χ0n) is 10.1. The number of methoxy groups -OCH3 is 1. The Bertz CT molecular complexity index is 334. The molecule has 0 amide bonds. The second-order valence-electron chi connectivity index (χ2n) is 3.47. The Balaban J connectivity index is 2.80. The van der Waals surface area contributed by atoms with Gasteiger partial charge in [0.2, 0.25) is 0 Å². The minimum absolute atomic E-state index is 0.0914. The van der Waals surface area contributed by atoms with Crippen LogP contribution in [0.5, 0.6) is 0 Å². The predicted molar refractivity (Wildman–Crippen MR) is 74.9 cm³/mol. The first kappa shape index (κ1) is 15.0. The molecule has 1 aromatic rings. The normalized spacial score (nSPS) is 12.9. The summed E-state index contributed by atoms with van der Waals surface area (Å²) < 4.78 is 7.98. The van der Waals surface area contributed by atoms with Gasteiger partial charge in [0.15, 0.2) is 0 Å². The van der Waals surface area contributed by atoms with Crippen molar-refractivity contribution in [2.75, 3.05) is 25.2 Å². The Kier molecular flexibility index (Phi) is 7.14. The lowest BCUT2D eigenvalue weighted by atomic mass is 10.2. The van der Waals surface area contributed by atoms with Crippen molar-refractivity contribution < 1.29 is 4.74 Å². The SMILES string of the molecule is CCSCC(NN)c1c(Br)cnn1CCOC. The van der Waals surface area contributed by atoms with Crippen molar-refractivity contribution in [2.24, 2.45) is 5.84 Å². The van der Waals surface area contributed by atoms with Crippen molar-refractivity contribution in [3.63, 3.8) is 0 Å². The number of nitrogens with one attached hydrogen (secondary N) is 1. The molecule has 7 heteroatoms. The molecule has 5 nitrogen and oxygen atoms in total. The first-order chi connectivity index (χ1) is 8.24. The van der Waals surface area contributed by atoms with Crippen molar-refractivity contribution in [2.45, 2.75) is 19.5 Å². The second-order valence-corrected chi connectivity index (χ2v) is 5.65. The fourth-order valence-electron chi connectivity index (χ4n) is 1.52. The van der Waals surface area contributed by atoms with E-state index in [4.69, 9.17) is 10.6 Å². The highest BCUT2D eigenvalue weighted by molar-refractivity contribution is 9.10. The summed E-state index contributed by atoms with van der Waals surface area (Å²) in [6.45, 7) is 3.50. The van der Waals surface area contributed by atoms with Crippen LogP contribution < -0.4 is 11.3 Å². The average Bonchev–Trinajstić information content (AvgIpc) is 2.70. The molecule has 1 unspecified atom stereocenters. The average molecular weight is 323 g/mol. The summed E-state index contributed by atoms with van der Waals surface area (Å²) in [5.41, 5.74) is 3.92. The Morgan fingerprint density at radius 2 is 2.47 bits per heavy atom. The molecular formula is C10H19BrN4OS. The van der Waals surface area contributed by atoms with Gasteiger partial charge < -0.3 is 4.74 Å². The van der Waals surface area contributed by atoms with E-state index in [0.717, 1.165) is 28.2 Å². The lowest BCUT2D eigenvalue weighted by Crippen LogP contribution is -2.32. The third kappa shape index (κ3) is 4.26. The van der Waals surface area contributed by atoms with Gasteiger partial charge in [-0.3, -0.25) is 16.0 Å².